The summed E-state index contributed by atoms with van der Waals surface area (Å²) in [4.78, 5) is 23.7. The highest BCUT2D eigenvalue weighted by molar-refractivity contribution is 6.98. The molecule has 2 rings (SSSR count). The SMILES string of the molecule is CCOC(=O)CCC(C)(C)[Si](O)(c1ccccc1)c1ccccc1. The summed E-state index contributed by atoms with van der Waals surface area (Å²) in [6.45, 7) is 6.30. The van der Waals surface area contributed by atoms with Gasteiger partial charge in [0, 0.05) is 6.42 Å². The van der Waals surface area contributed by atoms with Gasteiger partial charge in [0.15, 0.2) is 0 Å². The van der Waals surface area contributed by atoms with Crippen molar-refractivity contribution in [3.63, 3.8) is 0 Å². The first kappa shape index (κ1) is 18.4. The van der Waals surface area contributed by atoms with E-state index in [9.17, 15) is 9.59 Å². The van der Waals surface area contributed by atoms with Crippen molar-refractivity contribution in [1.29, 1.82) is 0 Å². The van der Waals surface area contributed by atoms with Crippen LogP contribution in [0.3, 0.4) is 0 Å². The summed E-state index contributed by atoms with van der Waals surface area (Å²) in [6, 6.07) is 19.7. The van der Waals surface area contributed by atoms with Crippen LogP contribution < -0.4 is 10.4 Å². The summed E-state index contributed by atoms with van der Waals surface area (Å²) in [5.41, 5.74) is 0. The highest BCUT2D eigenvalue weighted by Crippen LogP contribution is 2.39. The highest BCUT2D eigenvalue weighted by Gasteiger charge is 2.49. The van der Waals surface area contributed by atoms with Gasteiger partial charge in [-0.25, -0.2) is 0 Å². The van der Waals surface area contributed by atoms with Gasteiger partial charge >= 0.3 is 5.97 Å². The van der Waals surface area contributed by atoms with Crippen LogP contribution in [0.25, 0.3) is 0 Å². The van der Waals surface area contributed by atoms with Crippen molar-refractivity contribution in [2.45, 2.75) is 38.7 Å². The minimum absolute atomic E-state index is 0.206. The fraction of sp³-hybridized carbons (Fsp3) is 0.350. The summed E-state index contributed by atoms with van der Waals surface area (Å²) in [5, 5.41) is 1.51. The summed E-state index contributed by atoms with van der Waals surface area (Å²) < 4.78 is 5.06. The largest absolute Gasteiger partial charge is 0.466 e. The van der Waals surface area contributed by atoms with Gasteiger partial charge in [-0.05, 0) is 28.8 Å². The molecule has 0 saturated heterocycles. The first-order valence-electron chi connectivity index (χ1n) is 8.41. The molecule has 0 spiro atoms. The molecular weight excluding hydrogens is 316 g/mol. The fourth-order valence-electron chi connectivity index (χ4n) is 3.14. The van der Waals surface area contributed by atoms with Gasteiger partial charge in [-0.15, -0.1) is 0 Å². The van der Waals surface area contributed by atoms with Gasteiger partial charge in [-0.2, -0.15) is 0 Å². The summed E-state index contributed by atoms with van der Waals surface area (Å²) in [5.74, 6) is -0.206. The van der Waals surface area contributed by atoms with Crippen molar-refractivity contribution >= 4 is 24.7 Å². The molecule has 0 aliphatic rings. The van der Waals surface area contributed by atoms with Crippen LogP contribution in [0.2, 0.25) is 5.04 Å². The number of hydrogen-bond donors (Lipinski definition) is 1. The first-order chi connectivity index (χ1) is 11.4. The summed E-state index contributed by atoms with van der Waals surface area (Å²) in [7, 11) is -3.03. The molecule has 2 aromatic rings. The van der Waals surface area contributed by atoms with Crippen molar-refractivity contribution in [1.82, 2.24) is 0 Å². The van der Waals surface area contributed by atoms with Crippen molar-refractivity contribution in [3.05, 3.63) is 60.7 Å². The minimum Gasteiger partial charge on any atom is -0.466 e. The maximum Gasteiger partial charge on any atom is 0.305 e. The van der Waals surface area contributed by atoms with E-state index in [4.69, 9.17) is 4.74 Å². The molecule has 0 aliphatic carbocycles. The number of hydrogen-bond acceptors (Lipinski definition) is 3. The molecule has 1 N–H and O–H groups in total. The fourth-order valence-corrected chi connectivity index (χ4v) is 6.87. The third kappa shape index (κ3) is 3.76. The zero-order chi connectivity index (χ0) is 17.6. The highest BCUT2D eigenvalue weighted by atomic mass is 28.4. The Bertz CT molecular complexity index is 614. The Morgan fingerprint density at radius 1 is 1.00 bits per heavy atom. The smallest absolute Gasteiger partial charge is 0.305 e. The van der Waals surface area contributed by atoms with E-state index in [-0.39, 0.29) is 5.97 Å². The topological polar surface area (TPSA) is 46.5 Å². The Balaban J connectivity index is 2.41. The van der Waals surface area contributed by atoms with Crippen molar-refractivity contribution in [3.8, 4) is 0 Å². The van der Waals surface area contributed by atoms with Crippen LogP contribution in [0.4, 0.5) is 0 Å². The van der Waals surface area contributed by atoms with Crippen LogP contribution in [0.1, 0.15) is 33.6 Å². The standard InChI is InChI=1S/C20H26O3Si/c1-4-23-19(21)15-16-20(2,3)24(22,17-11-7-5-8-12-17)18-13-9-6-10-14-18/h5-14,22H,4,15-16H2,1-3H3. The van der Waals surface area contributed by atoms with Crippen LogP contribution in [0.5, 0.6) is 0 Å². The average Bonchev–Trinajstić information content (AvgIpc) is 2.61. The van der Waals surface area contributed by atoms with Crippen molar-refractivity contribution in [2.75, 3.05) is 6.61 Å². The van der Waals surface area contributed by atoms with Crippen LogP contribution >= 0.6 is 0 Å². The lowest BCUT2D eigenvalue weighted by Gasteiger charge is -2.41. The van der Waals surface area contributed by atoms with Crippen molar-refractivity contribution in [2.24, 2.45) is 0 Å². The Morgan fingerprint density at radius 3 is 1.88 bits per heavy atom. The van der Waals surface area contributed by atoms with Gasteiger partial charge < -0.3 is 9.53 Å². The minimum atomic E-state index is -3.03. The normalized spacial score (nSPS) is 12.0. The molecular formula is C20H26O3Si. The molecule has 24 heavy (non-hydrogen) atoms. The van der Waals surface area contributed by atoms with E-state index in [1.54, 1.807) is 0 Å². The summed E-state index contributed by atoms with van der Waals surface area (Å²) in [6.07, 6.45) is 0.897. The second-order valence-electron chi connectivity index (χ2n) is 6.63. The van der Waals surface area contributed by atoms with E-state index in [0.29, 0.717) is 19.4 Å². The lowest BCUT2D eigenvalue weighted by molar-refractivity contribution is -0.143. The van der Waals surface area contributed by atoms with Crippen LogP contribution in [0.15, 0.2) is 60.7 Å². The molecule has 3 nitrogen and oxygen atoms in total. The van der Waals surface area contributed by atoms with E-state index >= 15 is 0 Å². The van der Waals surface area contributed by atoms with Crippen LogP contribution in [0, 0.1) is 0 Å². The van der Waals surface area contributed by atoms with E-state index in [1.165, 1.54) is 0 Å². The molecule has 128 valence electrons. The van der Waals surface area contributed by atoms with E-state index in [1.807, 2.05) is 67.6 Å². The monoisotopic (exact) mass is 342 g/mol. The number of carbonyl (C=O) groups is 1. The van der Waals surface area contributed by atoms with E-state index in [2.05, 4.69) is 13.8 Å². The molecule has 0 heterocycles. The molecule has 0 atom stereocenters. The van der Waals surface area contributed by atoms with Gasteiger partial charge in [0.25, 0.3) is 8.32 Å². The number of rotatable bonds is 7. The molecule has 2 aromatic carbocycles. The Kier molecular flexibility index (Phi) is 5.97. The van der Waals surface area contributed by atoms with Gasteiger partial charge in [0.1, 0.15) is 0 Å². The average molecular weight is 343 g/mol. The number of benzene rings is 2. The Labute approximate surface area is 145 Å². The van der Waals surface area contributed by atoms with Gasteiger partial charge in [0.05, 0.1) is 6.61 Å². The quantitative estimate of drug-likeness (QED) is 0.622. The van der Waals surface area contributed by atoms with Gasteiger partial charge in [-0.3, -0.25) is 4.79 Å². The molecule has 0 aromatic heterocycles. The molecule has 4 heteroatoms. The number of carbonyl (C=O) groups excluding carboxylic acids is 1. The molecule has 0 amide bonds. The third-order valence-corrected chi connectivity index (χ3v) is 9.17. The molecule has 0 fully saturated rings. The zero-order valence-electron chi connectivity index (χ0n) is 14.7. The lowest BCUT2D eigenvalue weighted by atomic mass is 10.1. The third-order valence-electron chi connectivity index (χ3n) is 4.62. The lowest BCUT2D eigenvalue weighted by Crippen LogP contribution is -2.65. The van der Waals surface area contributed by atoms with Gasteiger partial charge in [-0.1, -0.05) is 74.5 Å². The Morgan fingerprint density at radius 2 is 1.46 bits per heavy atom. The van der Waals surface area contributed by atoms with E-state index in [0.717, 1.165) is 10.4 Å². The predicted octanol–water partition coefficient (Wildman–Crippen LogP) is 2.86. The summed E-state index contributed by atoms with van der Waals surface area (Å²) >= 11 is 0. The second-order valence-corrected chi connectivity index (χ2v) is 10.6. The van der Waals surface area contributed by atoms with E-state index < -0.39 is 13.4 Å². The van der Waals surface area contributed by atoms with Gasteiger partial charge in [0.2, 0.25) is 0 Å². The van der Waals surface area contributed by atoms with Crippen LogP contribution in [-0.2, 0) is 9.53 Å². The zero-order valence-corrected chi connectivity index (χ0v) is 15.7. The number of esters is 1. The molecule has 0 radical (unpaired) electrons. The van der Waals surface area contributed by atoms with Crippen molar-refractivity contribution < 1.29 is 14.3 Å². The first-order valence-corrected chi connectivity index (χ1v) is 10.4. The predicted molar refractivity (Wildman–Crippen MR) is 100 cm³/mol. The maximum absolute atomic E-state index is 11.9. The Hall–Kier alpha value is -1.91. The molecule has 0 bridgehead atoms. The molecule has 0 aliphatic heterocycles. The number of ether oxygens (including phenoxy) is 1. The molecule has 0 unspecified atom stereocenters. The maximum atomic E-state index is 11.9. The molecule has 0 saturated carbocycles. The second kappa shape index (κ2) is 7.77. The van der Waals surface area contributed by atoms with Crippen LogP contribution in [-0.4, -0.2) is 25.7 Å².